The van der Waals surface area contributed by atoms with Gasteiger partial charge in [-0.1, -0.05) is 11.8 Å². The molecule has 142 valence electrons. The molecule has 1 aromatic carbocycles. The maximum absolute atomic E-state index is 5.79. The fourth-order valence-electron chi connectivity index (χ4n) is 2.71. The third-order valence-corrected chi connectivity index (χ3v) is 4.17. The van der Waals surface area contributed by atoms with Crippen LogP contribution >= 0.6 is 0 Å². The molecule has 0 aliphatic rings. The molecule has 0 amide bonds. The first kappa shape index (κ1) is 17.2. The zero-order chi connectivity index (χ0) is 20.5. The summed E-state index contributed by atoms with van der Waals surface area (Å²) >= 11 is 0. The Kier molecular flexibility index (Phi) is 3.94. The molecule has 4 heterocycles. The number of nitrogen functional groups attached to an aromatic ring is 2. The molecule has 0 saturated heterocycles. The zero-order valence-electron chi connectivity index (χ0n) is 15.3. The quantitative estimate of drug-likeness (QED) is 0.284. The van der Waals surface area contributed by atoms with Crippen molar-refractivity contribution in [2.75, 3.05) is 11.5 Å². The van der Waals surface area contributed by atoms with Crippen molar-refractivity contribution in [1.29, 1.82) is 0 Å². The van der Waals surface area contributed by atoms with Crippen LogP contribution in [0.2, 0.25) is 0 Å². The zero-order valence-corrected chi connectivity index (χ0v) is 15.3. The van der Waals surface area contributed by atoms with E-state index in [0.29, 0.717) is 45.6 Å². The Hall–Kier alpha value is -4.96. The number of nitrogens with one attached hydrogen (secondary N) is 2. The van der Waals surface area contributed by atoms with Crippen LogP contribution in [0.3, 0.4) is 0 Å². The molecule has 0 atom stereocenters. The highest BCUT2D eigenvalue weighted by atomic mass is 15.1. The van der Waals surface area contributed by atoms with Crippen LogP contribution in [0.1, 0.15) is 22.8 Å². The van der Waals surface area contributed by atoms with Gasteiger partial charge in [0, 0.05) is 11.1 Å². The lowest BCUT2D eigenvalue weighted by Gasteiger charge is -1.91. The highest BCUT2D eigenvalue weighted by Gasteiger charge is 2.06. The lowest BCUT2D eigenvalue weighted by Crippen LogP contribution is -1.91. The third kappa shape index (κ3) is 3.21. The van der Waals surface area contributed by atoms with Gasteiger partial charge < -0.3 is 21.4 Å². The maximum atomic E-state index is 5.79. The van der Waals surface area contributed by atoms with Gasteiger partial charge in [0.05, 0.1) is 0 Å². The molecule has 4 aromatic heterocycles. The van der Waals surface area contributed by atoms with Crippen molar-refractivity contribution < 1.29 is 0 Å². The van der Waals surface area contributed by atoms with Crippen molar-refractivity contribution in [1.82, 2.24) is 39.9 Å². The summed E-state index contributed by atoms with van der Waals surface area (Å²) in [5, 5.41) is 0. The van der Waals surface area contributed by atoms with Crippen LogP contribution < -0.4 is 11.5 Å². The molecule has 5 rings (SSSR count). The molecule has 0 fully saturated rings. The number of nitrogens with zero attached hydrogens (tertiary/aromatic N) is 6. The standard InChI is InChI=1S/C20H12N10/c21-17-15-19(25-9-23-17)29-13(27-15)7-5-11-1-2-12(4-3-11)6-8-14-28-16-18(22)24-10-26-20(16)30-14/h1-4,9-10H,(H3,21,23,25,27,29)(H3,22,24,26,28,30). The van der Waals surface area contributed by atoms with Gasteiger partial charge in [-0.05, 0) is 36.1 Å². The molecular formula is C20H12N10. The molecule has 10 heteroatoms. The van der Waals surface area contributed by atoms with Crippen molar-refractivity contribution in [2.45, 2.75) is 0 Å². The Labute approximate surface area is 169 Å². The molecule has 10 nitrogen and oxygen atoms in total. The number of anilines is 2. The number of nitrogens with two attached hydrogens (primary N) is 2. The van der Waals surface area contributed by atoms with E-state index in [0.717, 1.165) is 11.1 Å². The number of rotatable bonds is 0. The van der Waals surface area contributed by atoms with Gasteiger partial charge in [0.15, 0.2) is 34.6 Å². The average molecular weight is 392 g/mol. The van der Waals surface area contributed by atoms with Gasteiger partial charge in [-0.15, -0.1) is 0 Å². The van der Waals surface area contributed by atoms with Crippen LogP contribution in [0, 0.1) is 23.7 Å². The summed E-state index contributed by atoms with van der Waals surface area (Å²) in [6.45, 7) is 0. The summed E-state index contributed by atoms with van der Waals surface area (Å²) in [4.78, 5) is 30.5. The second-order valence-corrected chi connectivity index (χ2v) is 6.16. The molecule has 0 saturated carbocycles. The summed E-state index contributed by atoms with van der Waals surface area (Å²) in [5.74, 6) is 13.6. The van der Waals surface area contributed by atoms with Gasteiger partial charge in [0.2, 0.25) is 0 Å². The second-order valence-electron chi connectivity index (χ2n) is 6.16. The van der Waals surface area contributed by atoms with E-state index in [1.165, 1.54) is 12.7 Å². The number of aromatic amines is 2. The van der Waals surface area contributed by atoms with E-state index in [-0.39, 0.29) is 0 Å². The second kappa shape index (κ2) is 6.89. The highest BCUT2D eigenvalue weighted by molar-refractivity contribution is 5.82. The van der Waals surface area contributed by atoms with Crippen molar-refractivity contribution in [2.24, 2.45) is 0 Å². The molecular weight excluding hydrogens is 380 g/mol. The number of H-pyrrole nitrogens is 2. The van der Waals surface area contributed by atoms with Crippen LogP contribution in [-0.2, 0) is 0 Å². The number of aromatic nitrogens is 8. The molecule has 0 unspecified atom stereocenters. The first-order valence-electron chi connectivity index (χ1n) is 8.72. The lowest BCUT2D eigenvalue weighted by molar-refractivity contribution is 1.20. The van der Waals surface area contributed by atoms with Gasteiger partial charge in [-0.3, -0.25) is 0 Å². The molecule has 0 aliphatic carbocycles. The SMILES string of the molecule is Nc1ncnc2nc(C#Cc3ccc(C#Cc4nc5ncnc(N)c5[nH]4)cc3)[nH]c12. The smallest absolute Gasteiger partial charge is 0.185 e. The summed E-state index contributed by atoms with van der Waals surface area (Å²) in [6.07, 6.45) is 2.73. The van der Waals surface area contributed by atoms with Gasteiger partial charge in [-0.2, -0.15) is 0 Å². The van der Waals surface area contributed by atoms with Gasteiger partial charge in [-0.25, -0.2) is 29.9 Å². The highest BCUT2D eigenvalue weighted by Crippen LogP contribution is 2.13. The van der Waals surface area contributed by atoms with Crippen molar-refractivity contribution >= 4 is 34.0 Å². The molecule has 5 aromatic rings. The fourth-order valence-corrected chi connectivity index (χ4v) is 2.71. The number of hydrogen-bond acceptors (Lipinski definition) is 8. The summed E-state index contributed by atoms with van der Waals surface area (Å²) in [7, 11) is 0. The van der Waals surface area contributed by atoms with Crippen LogP contribution in [0.4, 0.5) is 11.6 Å². The monoisotopic (exact) mass is 392 g/mol. The molecule has 0 bridgehead atoms. The fraction of sp³-hybridized carbons (Fsp3) is 0. The molecule has 0 spiro atoms. The van der Waals surface area contributed by atoms with Crippen LogP contribution in [-0.4, -0.2) is 39.9 Å². The first-order chi connectivity index (χ1) is 14.7. The lowest BCUT2D eigenvalue weighted by atomic mass is 10.1. The van der Waals surface area contributed by atoms with E-state index in [1.807, 2.05) is 24.3 Å². The van der Waals surface area contributed by atoms with Gasteiger partial charge in [0.1, 0.15) is 23.7 Å². The number of benzene rings is 1. The van der Waals surface area contributed by atoms with E-state index in [4.69, 9.17) is 11.5 Å². The Balaban J connectivity index is 1.36. The Morgan fingerprint density at radius 3 is 1.43 bits per heavy atom. The van der Waals surface area contributed by atoms with E-state index >= 15 is 0 Å². The minimum Gasteiger partial charge on any atom is -0.382 e. The Morgan fingerprint density at radius 2 is 1.03 bits per heavy atom. The molecule has 6 N–H and O–H groups in total. The van der Waals surface area contributed by atoms with Crippen molar-refractivity contribution in [3.05, 3.63) is 59.7 Å². The first-order valence-corrected chi connectivity index (χ1v) is 8.72. The minimum atomic E-state index is 0.336. The Morgan fingerprint density at radius 1 is 0.600 bits per heavy atom. The third-order valence-electron chi connectivity index (χ3n) is 4.17. The summed E-state index contributed by atoms with van der Waals surface area (Å²) < 4.78 is 0. The van der Waals surface area contributed by atoms with Crippen molar-refractivity contribution in [3.63, 3.8) is 0 Å². The van der Waals surface area contributed by atoms with Gasteiger partial charge in [0.25, 0.3) is 0 Å². The van der Waals surface area contributed by atoms with E-state index in [9.17, 15) is 0 Å². The van der Waals surface area contributed by atoms with Gasteiger partial charge >= 0.3 is 0 Å². The van der Waals surface area contributed by atoms with Crippen LogP contribution in [0.25, 0.3) is 22.3 Å². The van der Waals surface area contributed by atoms with E-state index in [1.54, 1.807) is 0 Å². The maximum Gasteiger partial charge on any atom is 0.185 e. The molecule has 30 heavy (non-hydrogen) atoms. The number of hydrogen-bond donors (Lipinski definition) is 4. The van der Waals surface area contributed by atoms with E-state index < -0.39 is 0 Å². The van der Waals surface area contributed by atoms with E-state index in [2.05, 4.69) is 63.6 Å². The minimum absolute atomic E-state index is 0.336. The predicted octanol–water partition coefficient (Wildman–Crippen LogP) is 0.983. The average Bonchev–Trinajstić information content (AvgIpc) is 3.37. The molecule has 0 aliphatic heterocycles. The predicted molar refractivity (Wildman–Crippen MR) is 111 cm³/mol. The summed E-state index contributed by atoms with van der Waals surface area (Å²) in [6, 6.07) is 7.48. The number of imidazole rings is 2. The van der Waals surface area contributed by atoms with Crippen LogP contribution in [0.5, 0.6) is 0 Å². The summed E-state index contributed by atoms with van der Waals surface area (Å²) in [5.41, 5.74) is 15.3. The van der Waals surface area contributed by atoms with Crippen LogP contribution in [0.15, 0.2) is 36.9 Å². The molecule has 0 radical (unpaired) electrons. The normalized spacial score (nSPS) is 10.4. The largest absolute Gasteiger partial charge is 0.382 e. The van der Waals surface area contributed by atoms with Crippen molar-refractivity contribution in [3.8, 4) is 23.7 Å². The number of fused-ring (bicyclic) bond motifs is 2. The topological polar surface area (TPSA) is 161 Å². The Bertz CT molecular complexity index is 1400.